The highest BCUT2D eigenvalue weighted by molar-refractivity contribution is 6.28. The van der Waals surface area contributed by atoms with Gasteiger partial charge in [0.1, 0.15) is 12.2 Å². The molecule has 0 saturated heterocycles. The van der Waals surface area contributed by atoms with E-state index in [2.05, 4.69) is 20.6 Å². The molecule has 1 heterocycles. The zero-order chi connectivity index (χ0) is 13.0. The lowest BCUT2D eigenvalue weighted by atomic mass is 10.3. The van der Waals surface area contributed by atoms with Crippen LogP contribution in [0.15, 0.2) is 6.20 Å². The van der Waals surface area contributed by atoms with Crippen LogP contribution >= 0.6 is 11.6 Å². The Morgan fingerprint density at radius 3 is 2.82 bits per heavy atom. The van der Waals surface area contributed by atoms with E-state index in [1.165, 1.54) is 7.05 Å². The number of amides is 1. The lowest BCUT2D eigenvalue weighted by Gasteiger charge is -2.12. The van der Waals surface area contributed by atoms with E-state index in [9.17, 15) is 14.9 Å². The second-order valence-corrected chi connectivity index (χ2v) is 3.45. The second kappa shape index (κ2) is 5.39. The Kier molecular flexibility index (Phi) is 4.16. The SMILES string of the molecule is CNC(=O)C(C)Nc1nc(Cl)ncc1[N+](=O)[O-]. The van der Waals surface area contributed by atoms with Gasteiger partial charge in [-0.15, -0.1) is 0 Å². The van der Waals surface area contributed by atoms with E-state index in [-0.39, 0.29) is 22.7 Å². The molecule has 0 spiro atoms. The standard InChI is InChI=1S/C8H10ClN5O3/c1-4(7(15)10-2)12-6-5(14(16)17)3-11-8(9)13-6/h3-4H,1-2H3,(H,10,15)(H,11,12,13). The van der Waals surface area contributed by atoms with Crippen LogP contribution in [0.4, 0.5) is 11.5 Å². The monoisotopic (exact) mass is 259 g/mol. The first-order valence-corrected chi connectivity index (χ1v) is 4.98. The lowest BCUT2D eigenvalue weighted by molar-refractivity contribution is -0.384. The van der Waals surface area contributed by atoms with Gasteiger partial charge in [-0.3, -0.25) is 14.9 Å². The molecule has 0 radical (unpaired) electrons. The van der Waals surface area contributed by atoms with Crippen LogP contribution in [0.2, 0.25) is 5.28 Å². The van der Waals surface area contributed by atoms with Crippen LogP contribution in [0.25, 0.3) is 0 Å². The molecule has 1 aromatic rings. The van der Waals surface area contributed by atoms with Crippen molar-refractivity contribution in [2.45, 2.75) is 13.0 Å². The summed E-state index contributed by atoms with van der Waals surface area (Å²) in [6, 6.07) is -0.676. The Morgan fingerprint density at radius 1 is 1.65 bits per heavy atom. The van der Waals surface area contributed by atoms with Gasteiger partial charge in [0.15, 0.2) is 0 Å². The Hall–Kier alpha value is -1.96. The molecule has 1 atom stereocenters. The molecule has 0 aliphatic rings. The van der Waals surface area contributed by atoms with Gasteiger partial charge in [0, 0.05) is 7.05 Å². The number of hydrogen-bond acceptors (Lipinski definition) is 6. The van der Waals surface area contributed by atoms with Crippen LogP contribution in [0.3, 0.4) is 0 Å². The Balaban J connectivity index is 3.00. The fourth-order valence-corrected chi connectivity index (χ4v) is 1.21. The maximum Gasteiger partial charge on any atom is 0.329 e. The zero-order valence-corrected chi connectivity index (χ0v) is 9.85. The molecular formula is C8H10ClN5O3. The molecule has 1 amide bonds. The van der Waals surface area contributed by atoms with E-state index < -0.39 is 11.0 Å². The third kappa shape index (κ3) is 3.25. The highest BCUT2D eigenvalue weighted by Gasteiger charge is 2.20. The van der Waals surface area contributed by atoms with Gasteiger partial charge >= 0.3 is 5.69 Å². The van der Waals surface area contributed by atoms with E-state index in [1.807, 2.05) is 0 Å². The minimum Gasteiger partial charge on any atom is -0.357 e. The van der Waals surface area contributed by atoms with Gasteiger partial charge in [-0.2, -0.15) is 4.98 Å². The van der Waals surface area contributed by atoms with Crippen molar-refractivity contribution in [3.05, 3.63) is 21.6 Å². The van der Waals surface area contributed by atoms with Gasteiger partial charge in [0.25, 0.3) is 0 Å². The number of carbonyl (C=O) groups is 1. The summed E-state index contributed by atoms with van der Waals surface area (Å²) in [5.74, 6) is -0.417. The summed E-state index contributed by atoms with van der Waals surface area (Å²) in [6.07, 6.45) is 0.980. The molecule has 9 heteroatoms. The molecule has 0 aromatic carbocycles. The fourth-order valence-electron chi connectivity index (χ4n) is 1.08. The van der Waals surface area contributed by atoms with E-state index >= 15 is 0 Å². The first kappa shape index (κ1) is 13.1. The molecule has 0 aliphatic carbocycles. The van der Waals surface area contributed by atoms with E-state index in [0.29, 0.717) is 0 Å². The van der Waals surface area contributed by atoms with Gasteiger partial charge in [-0.1, -0.05) is 0 Å². The summed E-state index contributed by atoms with van der Waals surface area (Å²) in [4.78, 5) is 28.5. The number of halogens is 1. The minimum atomic E-state index is -0.676. The Labute approximate surface area is 102 Å². The predicted molar refractivity (Wildman–Crippen MR) is 60.8 cm³/mol. The van der Waals surface area contributed by atoms with Crippen molar-refractivity contribution in [3.63, 3.8) is 0 Å². The molecule has 2 N–H and O–H groups in total. The second-order valence-electron chi connectivity index (χ2n) is 3.11. The number of hydrogen-bond donors (Lipinski definition) is 2. The first-order valence-electron chi connectivity index (χ1n) is 4.60. The van der Waals surface area contributed by atoms with Gasteiger partial charge in [0.2, 0.25) is 17.0 Å². The molecule has 1 aromatic heterocycles. The normalized spacial score (nSPS) is 11.7. The third-order valence-corrected chi connectivity index (χ3v) is 2.11. The van der Waals surface area contributed by atoms with Crippen LogP contribution in [0.5, 0.6) is 0 Å². The van der Waals surface area contributed by atoms with E-state index in [1.54, 1.807) is 6.92 Å². The van der Waals surface area contributed by atoms with E-state index in [0.717, 1.165) is 6.20 Å². The molecular weight excluding hydrogens is 250 g/mol. The highest BCUT2D eigenvalue weighted by Crippen LogP contribution is 2.22. The summed E-state index contributed by atoms with van der Waals surface area (Å²) in [7, 11) is 1.46. The van der Waals surface area contributed by atoms with E-state index in [4.69, 9.17) is 11.6 Å². The van der Waals surface area contributed by atoms with Crippen molar-refractivity contribution in [3.8, 4) is 0 Å². The maximum atomic E-state index is 11.3. The van der Waals surface area contributed by atoms with Crippen LogP contribution < -0.4 is 10.6 Å². The molecule has 92 valence electrons. The molecule has 0 saturated carbocycles. The third-order valence-electron chi connectivity index (χ3n) is 1.93. The molecule has 1 unspecified atom stereocenters. The van der Waals surface area contributed by atoms with Crippen LogP contribution in [-0.2, 0) is 4.79 Å². The zero-order valence-electron chi connectivity index (χ0n) is 9.10. The molecule has 1 rings (SSSR count). The van der Waals surface area contributed by atoms with Crippen molar-refractivity contribution < 1.29 is 9.72 Å². The van der Waals surface area contributed by atoms with Crippen molar-refractivity contribution >= 4 is 29.0 Å². The highest BCUT2D eigenvalue weighted by atomic mass is 35.5. The van der Waals surface area contributed by atoms with Crippen LogP contribution in [0, 0.1) is 10.1 Å². The topological polar surface area (TPSA) is 110 Å². The van der Waals surface area contributed by atoms with Crippen molar-refractivity contribution in [2.75, 3.05) is 12.4 Å². The number of nitrogens with zero attached hydrogens (tertiary/aromatic N) is 3. The average Bonchev–Trinajstić information content (AvgIpc) is 2.27. The number of nitrogens with one attached hydrogen (secondary N) is 2. The minimum absolute atomic E-state index is 0.0916. The van der Waals surface area contributed by atoms with Crippen LogP contribution in [-0.4, -0.2) is 33.9 Å². The summed E-state index contributed by atoms with van der Waals surface area (Å²) in [6.45, 7) is 1.54. The summed E-state index contributed by atoms with van der Waals surface area (Å²) in [5, 5.41) is 15.6. The summed E-state index contributed by atoms with van der Waals surface area (Å²) >= 11 is 5.53. The first-order chi connectivity index (χ1) is 7.95. The smallest absolute Gasteiger partial charge is 0.329 e. The number of carbonyl (C=O) groups excluding carboxylic acids is 1. The van der Waals surface area contributed by atoms with Crippen LogP contribution in [0.1, 0.15) is 6.92 Å². The molecule has 0 bridgehead atoms. The van der Waals surface area contributed by atoms with Gasteiger partial charge in [0.05, 0.1) is 4.92 Å². The molecule has 0 aliphatic heterocycles. The van der Waals surface area contributed by atoms with Crippen molar-refractivity contribution in [1.82, 2.24) is 15.3 Å². The van der Waals surface area contributed by atoms with Gasteiger partial charge in [-0.25, -0.2) is 4.98 Å². The quantitative estimate of drug-likeness (QED) is 0.465. The molecule has 8 nitrogen and oxygen atoms in total. The average molecular weight is 260 g/mol. The van der Waals surface area contributed by atoms with Gasteiger partial charge in [-0.05, 0) is 18.5 Å². The summed E-state index contributed by atoms with van der Waals surface area (Å²) < 4.78 is 0. The Morgan fingerprint density at radius 2 is 2.29 bits per heavy atom. The largest absolute Gasteiger partial charge is 0.357 e. The Bertz CT molecular complexity index is 453. The van der Waals surface area contributed by atoms with Gasteiger partial charge < -0.3 is 10.6 Å². The number of rotatable bonds is 4. The summed E-state index contributed by atoms with van der Waals surface area (Å²) in [5.41, 5.74) is -0.342. The number of likely N-dealkylation sites (N-methyl/N-ethyl adjacent to an activating group) is 1. The predicted octanol–water partition coefficient (Wildman–Crippen LogP) is 0.585. The lowest BCUT2D eigenvalue weighted by Crippen LogP contribution is -2.35. The fraction of sp³-hybridized carbons (Fsp3) is 0.375. The maximum absolute atomic E-state index is 11.3. The molecule has 0 fully saturated rings. The van der Waals surface area contributed by atoms with Crippen molar-refractivity contribution in [2.24, 2.45) is 0 Å². The number of aromatic nitrogens is 2. The van der Waals surface area contributed by atoms with Crippen molar-refractivity contribution in [1.29, 1.82) is 0 Å². The molecule has 17 heavy (non-hydrogen) atoms. The number of nitro groups is 1. The number of anilines is 1.